The molecular weight excluding hydrogens is 538 g/mol. The Labute approximate surface area is 243 Å². The maximum atomic E-state index is 12.6. The monoisotopic (exact) mass is 573 g/mol. The lowest BCUT2D eigenvalue weighted by Gasteiger charge is -2.21. The molecular formula is C30H35N7O5. The molecule has 0 bridgehead atoms. The summed E-state index contributed by atoms with van der Waals surface area (Å²) in [6.07, 6.45) is 3.74. The molecule has 0 saturated heterocycles. The molecule has 0 aliphatic heterocycles. The fraction of sp³-hybridized carbons (Fsp3) is 0.300. The summed E-state index contributed by atoms with van der Waals surface area (Å²) in [6, 6.07) is 16.1. The van der Waals surface area contributed by atoms with Crippen LogP contribution in [-0.2, 0) is 20.8 Å². The summed E-state index contributed by atoms with van der Waals surface area (Å²) < 4.78 is 9.55. The van der Waals surface area contributed by atoms with E-state index in [1.165, 1.54) is 7.11 Å². The van der Waals surface area contributed by atoms with Crippen molar-refractivity contribution in [2.45, 2.75) is 33.2 Å². The minimum absolute atomic E-state index is 0.140. The zero-order valence-corrected chi connectivity index (χ0v) is 23.9. The van der Waals surface area contributed by atoms with Crippen LogP contribution in [-0.4, -0.2) is 69.7 Å². The highest BCUT2D eigenvalue weighted by atomic mass is 16.5. The number of hydrogen-bond donors (Lipinski definition) is 4. The lowest BCUT2D eigenvalue weighted by atomic mass is 10.0. The number of amides is 3. The van der Waals surface area contributed by atoms with Crippen molar-refractivity contribution in [2.75, 3.05) is 32.1 Å². The van der Waals surface area contributed by atoms with Gasteiger partial charge in [-0.05, 0) is 35.1 Å². The number of hydrogen-bond acceptors (Lipinski definition) is 7. The molecule has 0 atom stereocenters. The predicted octanol–water partition coefficient (Wildman–Crippen LogP) is 5.19. The third-order valence-electron chi connectivity index (χ3n) is 6.34. The van der Waals surface area contributed by atoms with Gasteiger partial charge in [0.2, 0.25) is 11.9 Å². The number of alkyl carbamates (subject to hydrolysis) is 1. The van der Waals surface area contributed by atoms with Crippen LogP contribution in [0, 0.1) is 0 Å². The SMILES string of the molecule is CCCOC(=O)Nc1ncc(-c2ccc(-c3ccc(-c4cnc(CN(CCC)C(=O)CNC(=O)OC)[nH]4)cc3)cc2)[nH]1. The van der Waals surface area contributed by atoms with E-state index >= 15 is 0 Å². The third-order valence-corrected chi connectivity index (χ3v) is 6.34. The van der Waals surface area contributed by atoms with E-state index in [4.69, 9.17) is 4.74 Å². The fourth-order valence-corrected chi connectivity index (χ4v) is 4.21. The van der Waals surface area contributed by atoms with Gasteiger partial charge in [0.25, 0.3) is 0 Å². The van der Waals surface area contributed by atoms with Gasteiger partial charge in [0.05, 0.1) is 44.0 Å². The Morgan fingerprint density at radius 1 is 0.810 bits per heavy atom. The smallest absolute Gasteiger partial charge is 0.413 e. The standard InChI is InChI=1S/C30H35N7O5/c1-4-14-37(27(38)18-33-29(39)41-3)19-26-31-16-24(34-26)22-10-6-20(7-11-22)21-8-12-23(13-9-21)25-17-32-28(35-25)36-30(40)42-15-5-2/h6-13,16-17H,4-5,14-15,18-19H2,1-3H3,(H,31,34)(H,33,39)(H2,32,35,36,40). The van der Waals surface area contributed by atoms with Gasteiger partial charge in [-0.15, -0.1) is 0 Å². The van der Waals surface area contributed by atoms with Crippen LogP contribution < -0.4 is 10.6 Å². The van der Waals surface area contributed by atoms with E-state index in [0.717, 1.165) is 46.5 Å². The van der Waals surface area contributed by atoms with Gasteiger partial charge < -0.3 is 29.7 Å². The molecule has 4 N–H and O–H groups in total. The number of nitrogens with zero attached hydrogens (tertiary/aromatic N) is 3. The van der Waals surface area contributed by atoms with Crippen LogP contribution in [0.25, 0.3) is 33.6 Å². The highest BCUT2D eigenvalue weighted by molar-refractivity contribution is 5.83. The number of ether oxygens (including phenoxy) is 2. The molecule has 4 aromatic rings. The first-order valence-electron chi connectivity index (χ1n) is 13.7. The molecule has 0 radical (unpaired) electrons. The number of nitrogens with one attached hydrogen (secondary N) is 4. The zero-order valence-electron chi connectivity index (χ0n) is 23.9. The van der Waals surface area contributed by atoms with Crippen LogP contribution in [0.1, 0.15) is 32.5 Å². The number of carbonyl (C=O) groups is 3. The first-order chi connectivity index (χ1) is 20.4. The predicted molar refractivity (Wildman–Crippen MR) is 158 cm³/mol. The summed E-state index contributed by atoms with van der Waals surface area (Å²) in [5, 5.41) is 5.01. The lowest BCUT2D eigenvalue weighted by molar-refractivity contribution is -0.130. The molecule has 2 aromatic carbocycles. The molecule has 12 heteroatoms. The van der Waals surface area contributed by atoms with Crippen LogP contribution in [0.15, 0.2) is 60.9 Å². The van der Waals surface area contributed by atoms with Gasteiger partial charge in [0.15, 0.2) is 0 Å². The number of methoxy groups -OCH3 is 1. The summed E-state index contributed by atoms with van der Waals surface area (Å²) in [4.78, 5) is 52.3. The highest BCUT2D eigenvalue weighted by Crippen LogP contribution is 2.27. The van der Waals surface area contributed by atoms with Crippen LogP contribution in [0.4, 0.5) is 15.5 Å². The Balaban J connectivity index is 1.37. The van der Waals surface area contributed by atoms with Gasteiger partial charge in [-0.1, -0.05) is 62.4 Å². The highest BCUT2D eigenvalue weighted by Gasteiger charge is 2.16. The fourth-order valence-electron chi connectivity index (χ4n) is 4.21. The number of aromatic nitrogens is 4. The second-order valence-electron chi connectivity index (χ2n) is 9.47. The molecule has 0 aliphatic rings. The normalized spacial score (nSPS) is 10.6. The zero-order chi connectivity index (χ0) is 29.9. The number of imidazole rings is 2. The van der Waals surface area contributed by atoms with Crippen LogP contribution in [0.3, 0.4) is 0 Å². The second-order valence-corrected chi connectivity index (χ2v) is 9.47. The van der Waals surface area contributed by atoms with Gasteiger partial charge in [-0.25, -0.2) is 19.6 Å². The molecule has 3 amide bonds. The van der Waals surface area contributed by atoms with Gasteiger partial charge in [0, 0.05) is 6.54 Å². The first-order valence-corrected chi connectivity index (χ1v) is 13.7. The van der Waals surface area contributed by atoms with Crippen molar-refractivity contribution in [1.82, 2.24) is 30.2 Å². The van der Waals surface area contributed by atoms with E-state index in [1.54, 1.807) is 17.3 Å². The first kappa shape index (κ1) is 29.8. The molecule has 12 nitrogen and oxygen atoms in total. The molecule has 2 aromatic heterocycles. The molecule has 0 unspecified atom stereocenters. The van der Waals surface area contributed by atoms with E-state index in [2.05, 4.69) is 35.3 Å². The van der Waals surface area contributed by atoms with E-state index < -0.39 is 12.2 Å². The number of aromatic amines is 2. The second kappa shape index (κ2) is 14.5. The lowest BCUT2D eigenvalue weighted by Crippen LogP contribution is -2.40. The average Bonchev–Trinajstić information content (AvgIpc) is 3.68. The van der Waals surface area contributed by atoms with Crippen molar-refractivity contribution in [3.8, 4) is 33.6 Å². The minimum Gasteiger partial charge on any atom is -0.453 e. The summed E-state index contributed by atoms with van der Waals surface area (Å²) in [7, 11) is 1.25. The van der Waals surface area contributed by atoms with Crippen LogP contribution >= 0.6 is 0 Å². The maximum absolute atomic E-state index is 12.6. The molecule has 0 fully saturated rings. The van der Waals surface area contributed by atoms with Gasteiger partial charge in [-0.3, -0.25) is 10.1 Å². The molecule has 0 spiro atoms. The van der Waals surface area contributed by atoms with Crippen molar-refractivity contribution in [2.24, 2.45) is 0 Å². The Bertz CT molecular complexity index is 1480. The largest absolute Gasteiger partial charge is 0.453 e. The molecule has 220 valence electrons. The van der Waals surface area contributed by atoms with E-state index in [1.807, 2.05) is 62.4 Å². The molecule has 2 heterocycles. The van der Waals surface area contributed by atoms with Crippen molar-refractivity contribution >= 4 is 24.0 Å². The molecule has 0 saturated carbocycles. The Morgan fingerprint density at radius 3 is 2.00 bits per heavy atom. The Kier molecular flexibility index (Phi) is 10.3. The quantitative estimate of drug-likeness (QED) is 0.182. The molecule has 4 rings (SSSR count). The van der Waals surface area contributed by atoms with Crippen molar-refractivity contribution < 1.29 is 23.9 Å². The summed E-state index contributed by atoms with van der Waals surface area (Å²) in [5.74, 6) is 0.764. The minimum atomic E-state index is -0.647. The van der Waals surface area contributed by atoms with Crippen LogP contribution in [0.2, 0.25) is 0 Å². The van der Waals surface area contributed by atoms with E-state index in [-0.39, 0.29) is 12.5 Å². The van der Waals surface area contributed by atoms with Crippen molar-refractivity contribution in [1.29, 1.82) is 0 Å². The number of rotatable bonds is 12. The van der Waals surface area contributed by atoms with Crippen molar-refractivity contribution in [3.05, 3.63) is 66.7 Å². The van der Waals surface area contributed by atoms with Gasteiger partial charge in [-0.2, -0.15) is 0 Å². The molecule has 0 aliphatic carbocycles. The number of carbonyl (C=O) groups excluding carboxylic acids is 3. The van der Waals surface area contributed by atoms with Crippen molar-refractivity contribution in [3.63, 3.8) is 0 Å². The van der Waals surface area contributed by atoms with E-state index in [0.29, 0.717) is 31.5 Å². The van der Waals surface area contributed by atoms with E-state index in [9.17, 15) is 14.4 Å². The number of H-pyrrole nitrogens is 2. The number of anilines is 1. The maximum Gasteiger partial charge on any atom is 0.413 e. The summed E-state index contributed by atoms with van der Waals surface area (Å²) in [5.41, 5.74) is 5.60. The molecule has 42 heavy (non-hydrogen) atoms. The third kappa shape index (κ3) is 7.96. The average molecular weight is 574 g/mol. The Morgan fingerprint density at radius 2 is 1.40 bits per heavy atom. The summed E-state index contributed by atoms with van der Waals surface area (Å²) >= 11 is 0. The van der Waals surface area contributed by atoms with Crippen LogP contribution in [0.5, 0.6) is 0 Å². The Hall–Kier alpha value is -5.13. The van der Waals surface area contributed by atoms with Gasteiger partial charge in [0.1, 0.15) is 12.4 Å². The topological polar surface area (TPSA) is 154 Å². The van der Waals surface area contributed by atoms with Gasteiger partial charge >= 0.3 is 12.2 Å². The summed E-state index contributed by atoms with van der Waals surface area (Å²) in [6.45, 7) is 4.96. The number of benzene rings is 2.